The monoisotopic (exact) mass is 183 g/mol. The Bertz CT molecular complexity index is 437. The van der Waals surface area contributed by atoms with Crippen LogP contribution in [0.1, 0.15) is 18.1 Å². The second-order valence-corrected chi connectivity index (χ2v) is 3.59. The van der Waals surface area contributed by atoms with Crippen LogP contribution in [0.25, 0.3) is 6.08 Å². The van der Waals surface area contributed by atoms with E-state index >= 15 is 0 Å². The predicted molar refractivity (Wildman–Crippen MR) is 62.1 cm³/mol. The van der Waals surface area contributed by atoms with E-state index in [9.17, 15) is 0 Å². The van der Waals surface area contributed by atoms with Crippen LogP contribution in [-0.4, -0.2) is 6.21 Å². The molecule has 0 aromatic heterocycles. The van der Waals surface area contributed by atoms with E-state index in [1.807, 2.05) is 13.1 Å². The molecular formula is C13H13N. The summed E-state index contributed by atoms with van der Waals surface area (Å²) in [5.41, 5.74) is 4.67. The van der Waals surface area contributed by atoms with Gasteiger partial charge >= 0.3 is 0 Å². The standard InChI is InChI=1S/C13H13N/c1-10-6-7-13-12(8-10)5-3-4-11(2)9-14-13/h3-9H,1-2H3/b4-3?,5-3+,11-4?,11-9?,12-5?,14-9?,14-13?. The lowest BCUT2D eigenvalue weighted by atomic mass is 10.1. The van der Waals surface area contributed by atoms with E-state index in [0.29, 0.717) is 0 Å². The number of benzene rings is 1. The lowest BCUT2D eigenvalue weighted by molar-refractivity contribution is 1.41. The third-order valence-corrected chi connectivity index (χ3v) is 2.23. The molecule has 0 fully saturated rings. The van der Waals surface area contributed by atoms with Crippen molar-refractivity contribution >= 4 is 18.0 Å². The summed E-state index contributed by atoms with van der Waals surface area (Å²) in [5.74, 6) is 0. The van der Waals surface area contributed by atoms with Gasteiger partial charge < -0.3 is 0 Å². The number of allylic oxidation sites excluding steroid dienone is 3. The van der Waals surface area contributed by atoms with Gasteiger partial charge in [-0.3, -0.25) is 4.99 Å². The molecule has 0 spiro atoms. The average Bonchev–Trinajstić information content (AvgIpc) is 2.13. The van der Waals surface area contributed by atoms with Crippen LogP contribution in [0, 0.1) is 6.92 Å². The van der Waals surface area contributed by atoms with Crippen molar-refractivity contribution in [3.8, 4) is 0 Å². The molecule has 1 heterocycles. The largest absolute Gasteiger partial charge is 0.256 e. The molecule has 2 rings (SSSR count). The normalized spacial score (nSPS) is 16.6. The molecule has 0 aliphatic carbocycles. The number of rotatable bonds is 0. The number of aryl methyl sites for hydroxylation is 1. The van der Waals surface area contributed by atoms with Crippen LogP contribution < -0.4 is 0 Å². The molecule has 1 heteroatoms. The van der Waals surface area contributed by atoms with Gasteiger partial charge in [-0.2, -0.15) is 0 Å². The Morgan fingerprint density at radius 1 is 1.14 bits per heavy atom. The van der Waals surface area contributed by atoms with Gasteiger partial charge in [0.2, 0.25) is 0 Å². The first-order chi connectivity index (χ1) is 6.75. The number of fused-ring (bicyclic) bond motifs is 1. The smallest absolute Gasteiger partial charge is 0.0702 e. The first-order valence-electron chi connectivity index (χ1n) is 4.75. The minimum atomic E-state index is 1.04. The Morgan fingerprint density at radius 2 is 2.00 bits per heavy atom. The van der Waals surface area contributed by atoms with Gasteiger partial charge in [0.15, 0.2) is 0 Å². The van der Waals surface area contributed by atoms with Gasteiger partial charge in [0, 0.05) is 11.8 Å². The SMILES string of the molecule is CC1=C/C=C/c2cc(C)ccc2N=C1. The Morgan fingerprint density at radius 3 is 2.86 bits per heavy atom. The lowest BCUT2D eigenvalue weighted by Crippen LogP contribution is -1.83. The molecule has 1 aliphatic rings. The predicted octanol–water partition coefficient (Wildman–Crippen LogP) is 3.67. The zero-order valence-electron chi connectivity index (χ0n) is 8.49. The average molecular weight is 183 g/mol. The van der Waals surface area contributed by atoms with Gasteiger partial charge in [-0.15, -0.1) is 0 Å². The van der Waals surface area contributed by atoms with Crippen LogP contribution in [0.3, 0.4) is 0 Å². The number of aliphatic imine (C=N–C) groups is 1. The second kappa shape index (κ2) is 3.62. The fraction of sp³-hybridized carbons (Fsp3) is 0.154. The van der Waals surface area contributed by atoms with Crippen molar-refractivity contribution in [1.82, 2.24) is 0 Å². The molecule has 0 atom stereocenters. The maximum Gasteiger partial charge on any atom is 0.0702 e. The quantitative estimate of drug-likeness (QED) is 0.582. The van der Waals surface area contributed by atoms with Crippen molar-refractivity contribution in [3.63, 3.8) is 0 Å². The summed E-state index contributed by atoms with van der Waals surface area (Å²) >= 11 is 0. The zero-order chi connectivity index (χ0) is 9.97. The van der Waals surface area contributed by atoms with Crippen molar-refractivity contribution in [2.75, 3.05) is 0 Å². The van der Waals surface area contributed by atoms with E-state index < -0.39 is 0 Å². The number of hydrogen-bond acceptors (Lipinski definition) is 1. The Hall–Kier alpha value is -1.63. The molecule has 14 heavy (non-hydrogen) atoms. The highest BCUT2D eigenvalue weighted by Gasteiger charge is 1.98. The minimum Gasteiger partial charge on any atom is -0.256 e. The highest BCUT2D eigenvalue weighted by Crippen LogP contribution is 2.23. The molecule has 0 saturated carbocycles. The fourth-order valence-corrected chi connectivity index (χ4v) is 1.44. The van der Waals surface area contributed by atoms with E-state index in [1.54, 1.807) is 0 Å². The number of nitrogens with zero attached hydrogens (tertiary/aromatic N) is 1. The summed E-state index contributed by atoms with van der Waals surface area (Å²) in [6, 6.07) is 6.30. The molecule has 0 unspecified atom stereocenters. The molecule has 1 aliphatic heterocycles. The first kappa shape index (κ1) is 8.95. The Balaban J connectivity index is 2.53. The third-order valence-electron chi connectivity index (χ3n) is 2.23. The van der Waals surface area contributed by atoms with Crippen molar-refractivity contribution in [2.24, 2.45) is 4.99 Å². The van der Waals surface area contributed by atoms with Crippen LogP contribution in [-0.2, 0) is 0 Å². The minimum absolute atomic E-state index is 1.04. The Labute approximate surface area is 84.5 Å². The summed E-state index contributed by atoms with van der Waals surface area (Å²) in [6.07, 6.45) is 8.13. The molecule has 70 valence electrons. The van der Waals surface area contributed by atoms with Gasteiger partial charge in [-0.05, 0) is 31.6 Å². The maximum atomic E-state index is 4.42. The Kier molecular flexibility index (Phi) is 2.32. The van der Waals surface area contributed by atoms with Crippen LogP contribution >= 0.6 is 0 Å². The van der Waals surface area contributed by atoms with E-state index in [4.69, 9.17) is 0 Å². The van der Waals surface area contributed by atoms with Gasteiger partial charge in [-0.25, -0.2) is 0 Å². The first-order valence-corrected chi connectivity index (χ1v) is 4.75. The van der Waals surface area contributed by atoms with Crippen molar-refractivity contribution in [3.05, 3.63) is 47.1 Å². The molecule has 0 radical (unpaired) electrons. The number of hydrogen-bond donors (Lipinski definition) is 0. The topological polar surface area (TPSA) is 12.4 Å². The van der Waals surface area contributed by atoms with Crippen molar-refractivity contribution in [1.29, 1.82) is 0 Å². The molecule has 1 aromatic carbocycles. The van der Waals surface area contributed by atoms with Crippen LogP contribution in [0.15, 0.2) is 40.9 Å². The summed E-state index contributed by atoms with van der Waals surface area (Å²) in [7, 11) is 0. The van der Waals surface area contributed by atoms with Gasteiger partial charge in [0.1, 0.15) is 0 Å². The molecular weight excluding hydrogens is 170 g/mol. The molecule has 0 bridgehead atoms. The zero-order valence-corrected chi connectivity index (χ0v) is 8.49. The highest BCUT2D eigenvalue weighted by atomic mass is 14.7. The van der Waals surface area contributed by atoms with Gasteiger partial charge in [0.05, 0.1) is 5.69 Å². The molecule has 1 nitrogen and oxygen atoms in total. The summed E-state index contributed by atoms with van der Waals surface area (Å²) in [6.45, 7) is 4.14. The van der Waals surface area contributed by atoms with Crippen molar-refractivity contribution < 1.29 is 0 Å². The molecule has 0 N–H and O–H groups in total. The summed E-state index contributed by atoms with van der Waals surface area (Å²) < 4.78 is 0. The molecule has 0 amide bonds. The van der Waals surface area contributed by atoms with E-state index in [-0.39, 0.29) is 0 Å². The maximum absolute atomic E-state index is 4.42. The van der Waals surface area contributed by atoms with E-state index in [1.165, 1.54) is 16.7 Å². The van der Waals surface area contributed by atoms with E-state index in [2.05, 4.69) is 48.3 Å². The van der Waals surface area contributed by atoms with Crippen LogP contribution in [0.2, 0.25) is 0 Å². The summed E-state index contributed by atoms with van der Waals surface area (Å²) in [4.78, 5) is 4.42. The van der Waals surface area contributed by atoms with Crippen LogP contribution in [0.4, 0.5) is 5.69 Å². The van der Waals surface area contributed by atoms with Crippen LogP contribution in [0.5, 0.6) is 0 Å². The molecule has 1 aromatic rings. The van der Waals surface area contributed by atoms with Gasteiger partial charge in [0.25, 0.3) is 0 Å². The van der Waals surface area contributed by atoms with Gasteiger partial charge in [-0.1, -0.05) is 29.9 Å². The third kappa shape index (κ3) is 1.82. The lowest BCUT2D eigenvalue weighted by Gasteiger charge is -2.04. The molecule has 0 saturated heterocycles. The highest BCUT2D eigenvalue weighted by molar-refractivity contribution is 5.84. The summed E-state index contributed by atoms with van der Waals surface area (Å²) in [5, 5.41) is 0. The van der Waals surface area contributed by atoms with Crippen molar-refractivity contribution in [2.45, 2.75) is 13.8 Å². The second-order valence-electron chi connectivity index (χ2n) is 3.59. The fourth-order valence-electron chi connectivity index (χ4n) is 1.44. The van der Waals surface area contributed by atoms with E-state index in [0.717, 1.165) is 5.69 Å².